The minimum absolute atomic E-state index is 0.0208. The number of rotatable bonds is 3. The fraction of sp³-hybridized carbons (Fsp3) is 0.133. The van der Waals surface area contributed by atoms with Crippen molar-refractivity contribution in [2.24, 2.45) is 0 Å². The molecule has 1 heterocycles. The van der Waals surface area contributed by atoms with E-state index < -0.39 is 0 Å². The lowest BCUT2D eigenvalue weighted by Crippen LogP contribution is -2.07. The third-order valence-corrected chi connectivity index (χ3v) is 3.86. The minimum Gasteiger partial charge on any atom is -0.356 e. The Bertz CT molecular complexity index is 607. The molecule has 1 aliphatic rings. The van der Waals surface area contributed by atoms with E-state index in [0.717, 1.165) is 10.0 Å². The van der Waals surface area contributed by atoms with Crippen molar-refractivity contribution in [3.05, 3.63) is 69.2 Å². The monoisotopic (exact) mass is 336 g/mol. The van der Waals surface area contributed by atoms with Gasteiger partial charge in [0.1, 0.15) is 6.10 Å². The summed E-state index contributed by atoms with van der Waals surface area (Å²) in [6, 6.07) is 14.7. The van der Waals surface area contributed by atoms with Gasteiger partial charge in [0, 0.05) is 15.1 Å². The molecule has 2 aromatic rings. The van der Waals surface area contributed by atoms with Crippen LogP contribution in [0.25, 0.3) is 0 Å². The number of carbonyl (C=O) groups excluding carboxylic acids is 1. The first-order valence-electron chi connectivity index (χ1n) is 5.86. The Morgan fingerprint density at radius 1 is 1.05 bits per heavy atom. The molecule has 0 amide bonds. The van der Waals surface area contributed by atoms with Crippen LogP contribution in [0.4, 0.5) is 0 Å². The van der Waals surface area contributed by atoms with E-state index in [1.807, 2.05) is 24.3 Å². The number of Topliss-reactive ketones (excluding diaryl/α,β-unsaturated/α-hetero) is 1. The first-order valence-corrected chi connectivity index (χ1v) is 7.03. The Morgan fingerprint density at radius 2 is 1.68 bits per heavy atom. The van der Waals surface area contributed by atoms with Crippen molar-refractivity contribution in [1.82, 2.24) is 0 Å². The van der Waals surface area contributed by atoms with Crippen LogP contribution in [0, 0.1) is 0 Å². The fourth-order valence-electron chi connectivity index (χ4n) is 2.00. The van der Waals surface area contributed by atoms with Crippen LogP contribution in [0.5, 0.6) is 0 Å². The number of epoxide rings is 1. The third kappa shape index (κ3) is 2.73. The van der Waals surface area contributed by atoms with Gasteiger partial charge in [0.05, 0.1) is 0 Å². The number of benzene rings is 2. The van der Waals surface area contributed by atoms with Gasteiger partial charge in [-0.1, -0.05) is 51.8 Å². The lowest BCUT2D eigenvalue weighted by atomic mass is 10.0. The molecule has 2 aromatic carbocycles. The van der Waals surface area contributed by atoms with E-state index in [-0.39, 0.29) is 18.0 Å². The number of ketones is 1. The molecule has 0 unspecified atom stereocenters. The Balaban J connectivity index is 1.74. The molecule has 1 aliphatic heterocycles. The minimum atomic E-state index is -0.373. The molecule has 2 nitrogen and oxygen atoms in total. The summed E-state index contributed by atoms with van der Waals surface area (Å²) in [6.45, 7) is 0. The van der Waals surface area contributed by atoms with E-state index in [4.69, 9.17) is 16.3 Å². The van der Waals surface area contributed by atoms with E-state index in [2.05, 4.69) is 15.9 Å². The van der Waals surface area contributed by atoms with Gasteiger partial charge in [0.25, 0.3) is 0 Å². The number of halogens is 2. The summed E-state index contributed by atoms with van der Waals surface area (Å²) in [6.07, 6.45) is -0.518. The summed E-state index contributed by atoms with van der Waals surface area (Å²) in [5, 5.41) is 0.681. The maximum Gasteiger partial charge on any atom is 0.194 e. The molecule has 0 radical (unpaired) electrons. The van der Waals surface area contributed by atoms with Gasteiger partial charge in [-0.2, -0.15) is 0 Å². The Kier molecular flexibility index (Phi) is 3.44. The zero-order chi connectivity index (χ0) is 13.4. The zero-order valence-electron chi connectivity index (χ0n) is 9.85. The molecule has 0 aliphatic carbocycles. The first-order chi connectivity index (χ1) is 9.15. The highest BCUT2D eigenvalue weighted by molar-refractivity contribution is 9.10. The predicted molar refractivity (Wildman–Crippen MR) is 77.5 cm³/mol. The van der Waals surface area contributed by atoms with Gasteiger partial charge in [0.15, 0.2) is 11.9 Å². The SMILES string of the molecule is O=C(c1ccc(Br)cc1)[C@@H]1O[C@H]1c1ccc(Cl)cc1. The van der Waals surface area contributed by atoms with E-state index in [1.165, 1.54) is 0 Å². The number of carbonyl (C=O) groups is 1. The van der Waals surface area contributed by atoms with E-state index in [9.17, 15) is 4.79 Å². The van der Waals surface area contributed by atoms with Gasteiger partial charge in [-0.05, 0) is 29.8 Å². The molecule has 0 N–H and O–H groups in total. The molecule has 4 heteroatoms. The lowest BCUT2D eigenvalue weighted by molar-refractivity contribution is 0.0953. The maximum absolute atomic E-state index is 12.2. The molecule has 3 rings (SSSR count). The van der Waals surface area contributed by atoms with E-state index in [0.29, 0.717) is 10.6 Å². The molecule has 1 saturated heterocycles. The second kappa shape index (κ2) is 5.08. The van der Waals surface area contributed by atoms with Crippen LogP contribution in [0.2, 0.25) is 5.02 Å². The number of hydrogen-bond donors (Lipinski definition) is 0. The van der Waals surface area contributed by atoms with Crippen LogP contribution in [0.15, 0.2) is 53.0 Å². The lowest BCUT2D eigenvalue weighted by Gasteiger charge is -1.98. The summed E-state index contributed by atoms with van der Waals surface area (Å²) in [5.74, 6) is 0.0208. The van der Waals surface area contributed by atoms with Crippen LogP contribution in [-0.4, -0.2) is 11.9 Å². The van der Waals surface area contributed by atoms with E-state index >= 15 is 0 Å². The Morgan fingerprint density at radius 3 is 2.32 bits per heavy atom. The van der Waals surface area contributed by atoms with Crippen molar-refractivity contribution in [3.63, 3.8) is 0 Å². The van der Waals surface area contributed by atoms with Crippen LogP contribution < -0.4 is 0 Å². The summed E-state index contributed by atoms with van der Waals surface area (Å²) >= 11 is 9.18. The third-order valence-electron chi connectivity index (χ3n) is 3.08. The van der Waals surface area contributed by atoms with Gasteiger partial charge in [-0.25, -0.2) is 0 Å². The van der Waals surface area contributed by atoms with Crippen LogP contribution in [0.1, 0.15) is 22.0 Å². The van der Waals surface area contributed by atoms with Crippen LogP contribution >= 0.6 is 27.5 Å². The standard InChI is InChI=1S/C15H10BrClO2/c16-11-5-1-9(2-6-11)13(18)15-14(19-15)10-3-7-12(17)8-4-10/h1-8,14-15H/t14-,15-/m0/s1. The van der Waals surface area contributed by atoms with Gasteiger partial charge in [0.2, 0.25) is 0 Å². The summed E-state index contributed by atoms with van der Waals surface area (Å²) in [5.41, 5.74) is 1.66. The van der Waals surface area contributed by atoms with Gasteiger partial charge < -0.3 is 4.74 Å². The van der Waals surface area contributed by atoms with Gasteiger partial charge in [-0.15, -0.1) is 0 Å². The zero-order valence-corrected chi connectivity index (χ0v) is 12.2. The quantitative estimate of drug-likeness (QED) is 0.613. The maximum atomic E-state index is 12.2. The number of ether oxygens (including phenoxy) is 1. The topological polar surface area (TPSA) is 29.6 Å². The molecule has 0 aromatic heterocycles. The molecular weight excluding hydrogens is 328 g/mol. The second-order valence-electron chi connectivity index (χ2n) is 4.40. The smallest absolute Gasteiger partial charge is 0.194 e. The number of hydrogen-bond acceptors (Lipinski definition) is 2. The van der Waals surface area contributed by atoms with Crippen LogP contribution in [-0.2, 0) is 4.74 Å². The molecule has 1 fully saturated rings. The summed E-state index contributed by atoms with van der Waals surface area (Å²) in [7, 11) is 0. The van der Waals surface area contributed by atoms with Crippen molar-refractivity contribution < 1.29 is 9.53 Å². The van der Waals surface area contributed by atoms with Crippen molar-refractivity contribution in [3.8, 4) is 0 Å². The molecule has 0 saturated carbocycles. The average molecular weight is 338 g/mol. The largest absolute Gasteiger partial charge is 0.356 e. The predicted octanol–water partition coefficient (Wildman–Crippen LogP) is 4.43. The van der Waals surface area contributed by atoms with Crippen molar-refractivity contribution >= 4 is 33.3 Å². The summed E-state index contributed by atoms with van der Waals surface area (Å²) in [4.78, 5) is 12.2. The molecule has 19 heavy (non-hydrogen) atoms. The summed E-state index contributed by atoms with van der Waals surface area (Å²) < 4.78 is 6.44. The van der Waals surface area contributed by atoms with Gasteiger partial charge in [-0.3, -0.25) is 4.79 Å². The highest BCUT2D eigenvalue weighted by Crippen LogP contribution is 2.40. The normalized spacial score (nSPS) is 21.2. The highest BCUT2D eigenvalue weighted by Gasteiger charge is 2.46. The molecular formula is C15H10BrClO2. The highest BCUT2D eigenvalue weighted by atomic mass is 79.9. The molecule has 2 atom stereocenters. The average Bonchev–Trinajstić information content (AvgIpc) is 3.20. The van der Waals surface area contributed by atoms with E-state index in [1.54, 1.807) is 24.3 Å². The van der Waals surface area contributed by atoms with Crippen molar-refractivity contribution in [2.45, 2.75) is 12.2 Å². The van der Waals surface area contributed by atoms with Crippen molar-refractivity contribution in [1.29, 1.82) is 0 Å². The molecule has 0 bridgehead atoms. The molecule has 96 valence electrons. The van der Waals surface area contributed by atoms with Crippen molar-refractivity contribution in [2.75, 3.05) is 0 Å². The van der Waals surface area contributed by atoms with Crippen LogP contribution in [0.3, 0.4) is 0 Å². The van der Waals surface area contributed by atoms with Gasteiger partial charge >= 0.3 is 0 Å². The Hall–Kier alpha value is -1.16. The second-order valence-corrected chi connectivity index (χ2v) is 5.75. The first kappa shape index (κ1) is 12.9. The molecule has 0 spiro atoms. The fourth-order valence-corrected chi connectivity index (χ4v) is 2.39. The Labute approximate surface area is 124 Å².